The standard InChI is InChI=1S/C18H19N5O5/c1-12(24)28-8-7-27-11-23-10-19-15-16(23)21-18(22-17(15)26)20-14(25)9-13-5-3-2-4-6-13/h2-6,10H,7-9,11H2,1H3,(H2,20,21,22,25,26). The first kappa shape index (κ1) is 19.2. The minimum Gasteiger partial charge on any atom is -0.463 e. The minimum atomic E-state index is -0.473. The second kappa shape index (κ2) is 8.91. The van der Waals surface area contributed by atoms with Crippen LogP contribution < -0.4 is 10.9 Å². The van der Waals surface area contributed by atoms with Crippen molar-refractivity contribution >= 4 is 29.0 Å². The van der Waals surface area contributed by atoms with Crippen molar-refractivity contribution in [1.82, 2.24) is 19.5 Å². The van der Waals surface area contributed by atoms with Gasteiger partial charge in [-0.15, -0.1) is 0 Å². The van der Waals surface area contributed by atoms with E-state index in [1.54, 1.807) is 0 Å². The van der Waals surface area contributed by atoms with Crippen LogP contribution in [0.5, 0.6) is 0 Å². The summed E-state index contributed by atoms with van der Waals surface area (Å²) in [7, 11) is 0. The highest BCUT2D eigenvalue weighted by atomic mass is 16.6. The summed E-state index contributed by atoms with van der Waals surface area (Å²) in [5.41, 5.74) is 0.768. The van der Waals surface area contributed by atoms with E-state index in [1.165, 1.54) is 17.8 Å². The molecule has 0 aliphatic rings. The van der Waals surface area contributed by atoms with Gasteiger partial charge in [-0.25, -0.2) is 4.98 Å². The van der Waals surface area contributed by atoms with Crippen LogP contribution in [-0.4, -0.2) is 44.6 Å². The van der Waals surface area contributed by atoms with Gasteiger partial charge in [-0.3, -0.25) is 29.3 Å². The second-order valence-corrected chi connectivity index (χ2v) is 5.89. The summed E-state index contributed by atoms with van der Waals surface area (Å²) >= 11 is 0. The van der Waals surface area contributed by atoms with Gasteiger partial charge >= 0.3 is 5.97 Å². The van der Waals surface area contributed by atoms with Gasteiger partial charge in [0.1, 0.15) is 13.3 Å². The van der Waals surface area contributed by atoms with E-state index in [9.17, 15) is 14.4 Å². The van der Waals surface area contributed by atoms with Crippen molar-refractivity contribution in [2.45, 2.75) is 20.1 Å². The lowest BCUT2D eigenvalue weighted by Gasteiger charge is -2.07. The number of amides is 1. The smallest absolute Gasteiger partial charge is 0.302 e. The Morgan fingerprint density at radius 1 is 1.21 bits per heavy atom. The van der Waals surface area contributed by atoms with E-state index in [1.807, 2.05) is 30.3 Å². The van der Waals surface area contributed by atoms with E-state index in [-0.39, 0.29) is 55.4 Å². The Morgan fingerprint density at radius 3 is 2.75 bits per heavy atom. The van der Waals surface area contributed by atoms with E-state index < -0.39 is 5.56 Å². The summed E-state index contributed by atoms with van der Waals surface area (Å²) in [6.07, 6.45) is 1.56. The summed E-state index contributed by atoms with van der Waals surface area (Å²) < 4.78 is 11.7. The number of ether oxygens (including phenoxy) is 2. The number of nitrogens with zero attached hydrogens (tertiary/aromatic N) is 3. The molecule has 3 aromatic rings. The number of imidazole rings is 1. The molecular formula is C18H19N5O5. The van der Waals surface area contributed by atoms with Gasteiger partial charge in [0.15, 0.2) is 11.2 Å². The van der Waals surface area contributed by atoms with Crippen molar-refractivity contribution in [3.63, 3.8) is 0 Å². The number of hydrogen-bond donors (Lipinski definition) is 2. The van der Waals surface area contributed by atoms with Crippen LogP contribution in [0.4, 0.5) is 5.95 Å². The average molecular weight is 385 g/mol. The first-order valence-corrected chi connectivity index (χ1v) is 8.53. The molecule has 1 amide bonds. The molecular weight excluding hydrogens is 366 g/mol. The normalized spacial score (nSPS) is 10.8. The first-order valence-electron chi connectivity index (χ1n) is 8.53. The average Bonchev–Trinajstić information content (AvgIpc) is 3.05. The van der Waals surface area contributed by atoms with Crippen LogP contribution in [0.25, 0.3) is 11.2 Å². The predicted molar refractivity (Wildman–Crippen MR) is 99.5 cm³/mol. The Bertz CT molecular complexity index is 1030. The summed E-state index contributed by atoms with van der Waals surface area (Å²) in [6.45, 7) is 1.68. The third-order valence-electron chi connectivity index (χ3n) is 3.70. The highest BCUT2D eigenvalue weighted by Crippen LogP contribution is 2.09. The molecule has 0 bridgehead atoms. The third-order valence-corrected chi connectivity index (χ3v) is 3.70. The molecule has 10 nitrogen and oxygen atoms in total. The highest BCUT2D eigenvalue weighted by molar-refractivity contribution is 5.91. The zero-order chi connectivity index (χ0) is 19.9. The van der Waals surface area contributed by atoms with Crippen LogP contribution in [0, 0.1) is 0 Å². The van der Waals surface area contributed by atoms with Crippen LogP contribution in [0.1, 0.15) is 12.5 Å². The molecule has 0 spiro atoms. The summed E-state index contributed by atoms with van der Waals surface area (Å²) in [4.78, 5) is 45.8. The molecule has 2 heterocycles. The third kappa shape index (κ3) is 5.01. The highest BCUT2D eigenvalue weighted by Gasteiger charge is 2.12. The van der Waals surface area contributed by atoms with Gasteiger partial charge in [-0.05, 0) is 5.56 Å². The van der Waals surface area contributed by atoms with Crippen LogP contribution in [-0.2, 0) is 32.2 Å². The Labute approximate surface area is 159 Å². The molecule has 2 N–H and O–H groups in total. The number of H-pyrrole nitrogens is 1. The lowest BCUT2D eigenvalue weighted by atomic mass is 10.1. The Balaban J connectivity index is 1.67. The number of benzene rings is 1. The van der Waals surface area contributed by atoms with Crippen molar-refractivity contribution in [2.75, 3.05) is 18.5 Å². The van der Waals surface area contributed by atoms with Crippen LogP contribution in [0.3, 0.4) is 0 Å². The Morgan fingerprint density at radius 2 is 2.00 bits per heavy atom. The number of rotatable bonds is 8. The summed E-state index contributed by atoms with van der Waals surface area (Å²) in [6, 6.07) is 9.22. The zero-order valence-electron chi connectivity index (χ0n) is 15.2. The van der Waals surface area contributed by atoms with Gasteiger partial charge in [0.05, 0.1) is 19.4 Å². The number of carbonyl (C=O) groups is 2. The van der Waals surface area contributed by atoms with Crippen molar-refractivity contribution in [1.29, 1.82) is 0 Å². The van der Waals surface area contributed by atoms with Crippen molar-refractivity contribution in [3.05, 3.63) is 52.6 Å². The maximum Gasteiger partial charge on any atom is 0.302 e. The molecule has 1 aromatic carbocycles. The number of fused-ring (bicyclic) bond motifs is 1. The van der Waals surface area contributed by atoms with Crippen molar-refractivity contribution in [3.8, 4) is 0 Å². The SMILES string of the molecule is CC(=O)OCCOCn1cnc2c(=O)[nH]c(NC(=O)Cc3ccccc3)nc21. The number of esters is 1. The van der Waals surface area contributed by atoms with Gasteiger partial charge in [-0.1, -0.05) is 30.3 Å². The Hall–Kier alpha value is -3.53. The molecule has 10 heteroatoms. The number of anilines is 1. The van der Waals surface area contributed by atoms with Crippen LogP contribution >= 0.6 is 0 Å². The molecule has 0 saturated heterocycles. The molecule has 2 aromatic heterocycles. The maximum atomic E-state index is 12.2. The van der Waals surface area contributed by atoms with E-state index in [2.05, 4.69) is 20.3 Å². The number of nitrogens with one attached hydrogen (secondary N) is 2. The zero-order valence-corrected chi connectivity index (χ0v) is 15.2. The molecule has 0 atom stereocenters. The number of carbonyl (C=O) groups excluding carboxylic acids is 2. The molecule has 28 heavy (non-hydrogen) atoms. The Kier molecular flexibility index (Phi) is 6.12. The van der Waals surface area contributed by atoms with E-state index in [0.717, 1.165) is 5.56 Å². The number of aromatic nitrogens is 4. The summed E-state index contributed by atoms with van der Waals surface area (Å²) in [5, 5.41) is 2.58. The van der Waals surface area contributed by atoms with Gasteiger partial charge in [-0.2, -0.15) is 4.98 Å². The number of aromatic amines is 1. The van der Waals surface area contributed by atoms with Gasteiger partial charge in [0.2, 0.25) is 11.9 Å². The second-order valence-electron chi connectivity index (χ2n) is 5.89. The molecule has 0 aliphatic carbocycles. The summed E-state index contributed by atoms with van der Waals surface area (Å²) in [5.74, 6) is -0.668. The van der Waals surface area contributed by atoms with Gasteiger partial charge in [0.25, 0.3) is 5.56 Å². The minimum absolute atomic E-state index is 0.0279. The number of hydrogen-bond acceptors (Lipinski definition) is 7. The quantitative estimate of drug-likeness (QED) is 0.434. The molecule has 146 valence electrons. The molecule has 0 unspecified atom stereocenters. The fraction of sp³-hybridized carbons (Fsp3) is 0.278. The van der Waals surface area contributed by atoms with Gasteiger partial charge < -0.3 is 9.47 Å². The van der Waals surface area contributed by atoms with Crippen LogP contribution in [0.15, 0.2) is 41.5 Å². The fourth-order valence-electron chi connectivity index (χ4n) is 2.47. The van der Waals surface area contributed by atoms with Gasteiger partial charge in [0, 0.05) is 6.92 Å². The van der Waals surface area contributed by atoms with Crippen molar-refractivity contribution in [2.24, 2.45) is 0 Å². The predicted octanol–water partition coefficient (Wildman–Crippen LogP) is 0.838. The topological polar surface area (TPSA) is 128 Å². The van der Waals surface area contributed by atoms with E-state index >= 15 is 0 Å². The first-order chi connectivity index (χ1) is 13.5. The molecule has 0 radical (unpaired) electrons. The van der Waals surface area contributed by atoms with Crippen LogP contribution in [0.2, 0.25) is 0 Å². The van der Waals surface area contributed by atoms with E-state index in [0.29, 0.717) is 0 Å². The lowest BCUT2D eigenvalue weighted by molar-refractivity contribution is -0.142. The monoisotopic (exact) mass is 385 g/mol. The van der Waals surface area contributed by atoms with Crippen molar-refractivity contribution < 1.29 is 19.1 Å². The largest absolute Gasteiger partial charge is 0.463 e. The fourth-order valence-corrected chi connectivity index (χ4v) is 2.47. The molecule has 3 rings (SSSR count). The molecule has 0 aliphatic heterocycles. The maximum absolute atomic E-state index is 12.2. The molecule has 0 fully saturated rings. The lowest BCUT2D eigenvalue weighted by Crippen LogP contribution is -2.20. The molecule has 0 saturated carbocycles. The van der Waals surface area contributed by atoms with E-state index in [4.69, 9.17) is 9.47 Å².